The summed E-state index contributed by atoms with van der Waals surface area (Å²) in [5.74, 6) is 1.74. The van der Waals surface area contributed by atoms with Gasteiger partial charge in [0.15, 0.2) is 0 Å². The zero-order valence-electron chi connectivity index (χ0n) is 7.28. The van der Waals surface area contributed by atoms with Gasteiger partial charge in [-0.3, -0.25) is 4.18 Å². The third-order valence-electron chi connectivity index (χ3n) is 1.85. The summed E-state index contributed by atoms with van der Waals surface area (Å²) in [6, 6.07) is 0. The highest BCUT2D eigenvalue weighted by atomic mass is 32.3. The largest absolute Gasteiger partial charge is 0.409 e. The molecule has 0 spiro atoms. The lowest BCUT2D eigenvalue weighted by atomic mass is 10.4. The van der Waals surface area contributed by atoms with E-state index in [1.165, 1.54) is 0 Å². The zero-order valence-corrected chi connectivity index (χ0v) is 8.91. The Balaban J connectivity index is 2.61. The van der Waals surface area contributed by atoms with Crippen molar-refractivity contribution in [2.24, 2.45) is 0 Å². The van der Waals surface area contributed by atoms with Crippen LogP contribution in [0.5, 0.6) is 0 Å². The van der Waals surface area contributed by atoms with Crippen molar-refractivity contribution in [3.63, 3.8) is 0 Å². The maximum absolute atomic E-state index is 10.9. The van der Waals surface area contributed by atoms with Gasteiger partial charge in [0.1, 0.15) is 0 Å². The fourth-order valence-electron chi connectivity index (χ4n) is 1.21. The molecule has 0 aromatic carbocycles. The molecule has 1 aliphatic rings. The molecule has 1 aliphatic heterocycles. The predicted molar refractivity (Wildman–Crippen MR) is 49.5 cm³/mol. The highest BCUT2D eigenvalue weighted by Gasteiger charge is 2.30. The summed E-state index contributed by atoms with van der Waals surface area (Å²) in [6.07, 6.45) is 4.01. The van der Waals surface area contributed by atoms with Crippen molar-refractivity contribution in [1.82, 2.24) is 0 Å². The van der Waals surface area contributed by atoms with Crippen LogP contribution in [0.25, 0.3) is 0 Å². The molecule has 1 saturated heterocycles. The minimum Gasteiger partial charge on any atom is -0.251 e. The fraction of sp³-hybridized carbons (Fsp3) is 1.00. The van der Waals surface area contributed by atoms with Crippen molar-refractivity contribution in [2.45, 2.75) is 12.8 Å². The SMILES string of the molecule is COS(=O)(=O)OS1(C)CCCC1. The second kappa shape index (κ2) is 3.53. The van der Waals surface area contributed by atoms with Gasteiger partial charge in [-0.2, -0.15) is 12.0 Å². The molecule has 0 radical (unpaired) electrons. The van der Waals surface area contributed by atoms with Crippen LogP contribution in [0.15, 0.2) is 0 Å². The molecule has 0 saturated carbocycles. The molecule has 0 aromatic rings. The zero-order chi connectivity index (χ0) is 9.24. The number of hydrogen-bond donors (Lipinski definition) is 0. The van der Waals surface area contributed by atoms with E-state index in [2.05, 4.69) is 4.18 Å². The third-order valence-corrected chi connectivity index (χ3v) is 6.55. The molecule has 0 N–H and O–H groups in total. The Kier molecular flexibility index (Phi) is 3.03. The molecule has 1 rings (SSSR count). The summed E-state index contributed by atoms with van der Waals surface area (Å²) < 4.78 is 31.1. The summed E-state index contributed by atoms with van der Waals surface area (Å²) in [5.41, 5.74) is 0. The first kappa shape index (κ1) is 10.3. The van der Waals surface area contributed by atoms with Gasteiger partial charge < -0.3 is 0 Å². The summed E-state index contributed by atoms with van der Waals surface area (Å²) in [4.78, 5) is 0. The van der Waals surface area contributed by atoms with Crippen molar-refractivity contribution >= 4 is 20.7 Å². The molecular formula is C6H14O4S2. The maximum atomic E-state index is 10.9. The van der Waals surface area contributed by atoms with Crippen LogP contribution in [-0.4, -0.2) is 33.3 Å². The van der Waals surface area contributed by atoms with Crippen molar-refractivity contribution in [1.29, 1.82) is 0 Å². The van der Waals surface area contributed by atoms with Gasteiger partial charge in [0.2, 0.25) is 0 Å². The molecule has 0 atom stereocenters. The second-order valence-electron chi connectivity index (χ2n) is 2.94. The first-order chi connectivity index (χ1) is 5.47. The fourth-order valence-corrected chi connectivity index (χ4v) is 5.42. The Hall–Kier alpha value is 0.220. The van der Waals surface area contributed by atoms with E-state index in [4.69, 9.17) is 3.63 Å². The minimum atomic E-state index is -3.72. The average molecular weight is 214 g/mol. The summed E-state index contributed by atoms with van der Waals surface area (Å²) in [7, 11) is -3.99. The molecule has 0 amide bonds. The number of hydrogen-bond acceptors (Lipinski definition) is 4. The van der Waals surface area contributed by atoms with Gasteiger partial charge in [-0.05, 0) is 19.1 Å². The van der Waals surface area contributed by atoms with E-state index >= 15 is 0 Å². The van der Waals surface area contributed by atoms with Crippen molar-refractivity contribution in [3.05, 3.63) is 0 Å². The van der Waals surface area contributed by atoms with Crippen LogP contribution in [0.1, 0.15) is 12.8 Å². The molecule has 12 heavy (non-hydrogen) atoms. The van der Waals surface area contributed by atoms with Crippen LogP contribution in [0.3, 0.4) is 0 Å². The highest BCUT2D eigenvalue weighted by molar-refractivity contribution is 8.32. The molecule has 0 aromatic heterocycles. The van der Waals surface area contributed by atoms with Crippen LogP contribution in [0, 0.1) is 0 Å². The maximum Gasteiger partial charge on any atom is 0.409 e. The van der Waals surface area contributed by atoms with Crippen LogP contribution in [0.2, 0.25) is 0 Å². The van der Waals surface area contributed by atoms with E-state index in [-0.39, 0.29) is 0 Å². The number of rotatable bonds is 3. The van der Waals surface area contributed by atoms with E-state index < -0.39 is 20.7 Å². The van der Waals surface area contributed by atoms with Crippen LogP contribution < -0.4 is 0 Å². The van der Waals surface area contributed by atoms with E-state index in [0.29, 0.717) is 0 Å². The molecule has 6 heteroatoms. The lowest BCUT2D eigenvalue weighted by molar-refractivity contribution is 0.341. The van der Waals surface area contributed by atoms with E-state index in [9.17, 15) is 8.42 Å². The van der Waals surface area contributed by atoms with E-state index in [0.717, 1.165) is 31.5 Å². The molecular weight excluding hydrogens is 200 g/mol. The molecule has 4 nitrogen and oxygen atoms in total. The van der Waals surface area contributed by atoms with Crippen molar-refractivity contribution in [2.75, 3.05) is 24.9 Å². The normalized spacial score (nSPS) is 25.5. The standard InChI is InChI=1S/C6H14O4S2/c1-9-12(7,8)10-11(2)5-3-4-6-11/h3-6H2,1-2H3. The van der Waals surface area contributed by atoms with Gasteiger partial charge in [-0.25, -0.2) is 0 Å². The topological polar surface area (TPSA) is 52.6 Å². The van der Waals surface area contributed by atoms with Gasteiger partial charge in [0.25, 0.3) is 0 Å². The van der Waals surface area contributed by atoms with Crippen LogP contribution in [0.4, 0.5) is 0 Å². The Bertz CT molecular complexity index is 240. The first-order valence-corrected chi connectivity index (χ1v) is 7.37. The third kappa shape index (κ3) is 2.62. The summed E-state index contributed by atoms with van der Waals surface area (Å²) in [6.45, 7) is 0. The van der Waals surface area contributed by atoms with Gasteiger partial charge >= 0.3 is 10.4 Å². The summed E-state index contributed by atoms with van der Waals surface area (Å²) >= 11 is 0. The average Bonchev–Trinajstić information content (AvgIpc) is 2.35. The van der Waals surface area contributed by atoms with E-state index in [1.807, 2.05) is 6.26 Å². The van der Waals surface area contributed by atoms with Gasteiger partial charge in [-0.15, -0.1) is 10.3 Å². The molecule has 0 unspecified atom stereocenters. The lowest BCUT2D eigenvalue weighted by Gasteiger charge is -2.27. The van der Waals surface area contributed by atoms with Crippen LogP contribution in [-0.2, 0) is 18.2 Å². The Morgan fingerprint density at radius 1 is 1.25 bits per heavy atom. The Morgan fingerprint density at radius 2 is 1.75 bits per heavy atom. The van der Waals surface area contributed by atoms with E-state index in [1.54, 1.807) is 0 Å². The van der Waals surface area contributed by atoms with Crippen LogP contribution >= 0.6 is 10.3 Å². The minimum absolute atomic E-state index is 0.871. The summed E-state index contributed by atoms with van der Waals surface area (Å²) in [5, 5.41) is 0. The predicted octanol–water partition coefficient (Wildman–Crippen LogP) is 1.04. The highest BCUT2D eigenvalue weighted by Crippen LogP contribution is 2.52. The lowest BCUT2D eigenvalue weighted by Crippen LogP contribution is -2.13. The van der Waals surface area contributed by atoms with Crippen molar-refractivity contribution in [3.8, 4) is 0 Å². The quantitative estimate of drug-likeness (QED) is 0.704. The first-order valence-electron chi connectivity index (χ1n) is 3.73. The monoisotopic (exact) mass is 214 g/mol. The molecule has 1 heterocycles. The van der Waals surface area contributed by atoms with Gasteiger partial charge in [0, 0.05) is 11.5 Å². The smallest absolute Gasteiger partial charge is 0.251 e. The Morgan fingerprint density at radius 3 is 2.17 bits per heavy atom. The van der Waals surface area contributed by atoms with Gasteiger partial charge in [-0.1, -0.05) is 0 Å². The molecule has 0 bridgehead atoms. The Labute approximate surface area is 75.1 Å². The van der Waals surface area contributed by atoms with Gasteiger partial charge in [0.05, 0.1) is 7.11 Å². The molecule has 1 fully saturated rings. The second-order valence-corrected chi connectivity index (χ2v) is 7.82. The van der Waals surface area contributed by atoms with Crippen molar-refractivity contribution < 1.29 is 16.2 Å². The molecule has 0 aliphatic carbocycles. The molecule has 74 valence electrons.